The molecule has 1 fully saturated rings. The molecular formula is C38H28ClF7N6O2. The fourth-order valence-electron chi connectivity index (χ4n) is 5.94. The van der Waals surface area contributed by atoms with Crippen LogP contribution in [0, 0.1) is 29.1 Å². The van der Waals surface area contributed by atoms with Crippen molar-refractivity contribution < 1.29 is 40.3 Å². The summed E-state index contributed by atoms with van der Waals surface area (Å²) in [6.07, 6.45) is 1.36. The summed E-state index contributed by atoms with van der Waals surface area (Å²) in [7, 11) is 1.39. The van der Waals surface area contributed by atoms with Gasteiger partial charge in [0.2, 0.25) is 0 Å². The number of hydrogen-bond donors (Lipinski definition) is 1. The second-order valence-corrected chi connectivity index (χ2v) is 12.4. The maximum Gasteiger partial charge on any atom is 0.282 e. The largest absolute Gasteiger partial charge is 0.354 e. The van der Waals surface area contributed by atoms with Gasteiger partial charge in [-0.2, -0.15) is 10.2 Å². The van der Waals surface area contributed by atoms with Gasteiger partial charge in [0.05, 0.1) is 12.1 Å². The lowest BCUT2D eigenvalue weighted by molar-refractivity contribution is 0.101. The Morgan fingerprint density at radius 2 is 1.70 bits per heavy atom. The van der Waals surface area contributed by atoms with Crippen LogP contribution in [0.15, 0.2) is 104 Å². The van der Waals surface area contributed by atoms with Crippen molar-refractivity contribution in [2.24, 2.45) is 7.05 Å². The molecule has 7 rings (SSSR count). The van der Waals surface area contributed by atoms with E-state index in [1.165, 1.54) is 43.7 Å². The fourth-order valence-corrected chi connectivity index (χ4v) is 6.17. The first-order valence-corrected chi connectivity index (χ1v) is 16.4. The first kappa shape index (κ1) is 37.9. The number of halogens is 8. The predicted octanol–water partition coefficient (Wildman–Crippen LogP) is 9.30. The number of amides is 1. The third-order valence-electron chi connectivity index (χ3n) is 8.46. The highest BCUT2D eigenvalue weighted by Crippen LogP contribution is 2.59. The molecule has 0 unspecified atom stereocenters. The van der Waals surface area contributed by atoms with Gasteiger partial charge in [0.25, 0.3) is 12.3 Å². The van der Waals surface area contributed by atoms with E-state index in [4.69, 9.17) is 16.3 Å². The van der Waals surface area contributed by atoms with Crippen LogP contribution < -0.4 is 5.32 Å². The Morgan fingerprint density at radius 3 is 2.39 bits per heavy atom. The van der Waals surface area contributed by atoms with Gasteiger partial charge >= 0.3 is 0 Å². The molecule has 1 aliphatic heterocycles. The zero-order valence-electron chi connectivity index (χ0n) is 28.1. The molecule has 1 saturated heterocycles. The van der Waals surface area contributed by atoms with E-state index < -0.39 is 58.8 Å². The number of hydrogen-bond acceptors (Lipinski definition) is 5. The number of aryl methyl sites for hydroxylation is 1. The molecular weight excluding hydrogens is 741 g/mol. The average Bonchev–Trinajstić information content (AvgIpc) is 3.42. The smallest absolute Gasteiger partial charge is 0.282 e. The van der Waals surface area contributed by atoms with Gasteiger partial charge < -0.3 is 10.1 Å². The number of nitrogens with one attached hydrogen (secondary N) is 1. The van der Waals surface area contributed by atoms with Crippen molar-refractivity contribution in [2.45, 2.75) is 31.1 Å². The van der Waals surface area contributed by atoms with Crippen LogP contribution in [0.5, 0.6) is 0 Å². The summed E-state index contributed by atoms with van der Waals surface area (Å²) in [4.78, 5) is 16.6. The van der Waals surface area contributed by atoms with Gasteiger partial charge in [-0.05, 0) is 35.9 Å². The van der Waals surface area contributed by atoms with Crippen molar-refractivity contribution in [1.82, 2.24) is 24.5 Å². The molecule has 1 N–H and O–H groups in total. The number of epoxide rings is 1. The Morgan fingerprint density at radius 1 is 1.00 bits per heavy atom. The summed E-state index contributed by atoms with van der Waals surface area (Å²) < 4.78 is 103. The molecule has 6 aromatic rings. The SMILES string of the molecule is C=CCc1ncnn1C[C@@]1(c2ccc(F)cc2F)O[C@H]1c1ccccc1Cl.Cn1cc(C(=O)Nc2ccccc2-c2cc(F)c(F)c(F)c2)c(C(F)F)n1. The number of ether oxygens (including phenoxy) is 1. The lowest BCUT2D eigenvalue weighted by Gasteiger charge is -2.16. The Hall–Kier alpha value is -5.80. The Kier molecular flexibility index (Phi) is 11.0. The summed E-state index contributed by atoms with van der Waals surface area (Å²) in [6.45, 7) is 3.93. The quantitative estimate of drug-likeness (QED) is 0.0650. The minimum atomic E-state index is -2.96. The summed E-state index contributed by atoms with van der Waals surface area (Å²) in [6, 6.07) is 18.2. The molecule has 0 radical (unpaired) electrons. The molecule has 54 heavy (non-hydrogen) atoms. The number of aromatic nitrogens is 5. The molecule has 0 aliphatic carbocycles. The topological polar surface area (TPSA) is 90.2 Å². The Labute approximate surface area is 308 Å². The summed E-state index contributed by atoms with van der Waals surface area (Å²) in [5.41, 5.74) is -0.801. The molecule has 3 heterocycles. The van der Waals surface area contributed by atoms with Crippen LogP contribution >= 0.6 is 11.6 Å². The Balaban J connectivity index is 0.000000184. The highest BCUT2D eigenvalue weighted by Gasteiger charge is 2.61. The highest BCUT2D eigenvalue weighted by molar-refractivity contribution is 6.31. The Bertz CT molecular complexity index is 2330. The minimum Gasteiger partial charge on any atom is -0.354 e. The van der Waals surface area contributed by atoms with Gasteiger partial charge in [-0.1, -0.05) is 60.1 Å². The van der Waals surface area contributed by atoms with Crippen LogP contribution in [-0.4, -0.2) is 30.5 Å². The summed E-state index contributed by atoms with van der Waals surface area (Å²) >= 11 is 6.32. The van der Waals surface area contributed by atoms with Gasteiger partial charge in [-0.25, -0.2) is 40.4 Å². The van der Waals surface area contributed by atoms with E-state index >= 15 is 0 Å². The molecule has 8 nitrogen and oxygen atoms in total. The first-order valence-electron chi connectivity index (χ1n) is 16.0. The molecule has 2 aromatic heterocycles. The average molecular weight is 769 g/mol. The number of allylic oxidation sites excluding steroid dienone is 1. The number of alkyl halides is 2. The summed E-state index contributed by atoms with van der Waals surface area (Å²) in [5.74, 6) is -5.90. The number of carbonyl (C=O) groups excluding carboxylic acids is 1. The molecule has 1 amide bonds. The second-order valence-electron chi connectivity index (χ2n) is 12.0. The minimum absolute atomic E-state index is 0.0254. The van der Waals surface area contributed by atoms with Crippen LogP contribution in [-0.2, 0) is 30.4 Å². The zero-order chi connectivity index (χ0) is 38.7. The molecule has 0 spiro atoms. The molecule has 1 aliphatic rings. The zero-order valence-corrected chi connectivity index (χ0v) is 28.8. The van der Waals surface area contributed by atoms with Gasteiger partial charge in [-0.15, -0.1) is 6.58 Å². The maximum atomic E-state index is 14.6. The van der Waals surface area contributed by atoms with E-state index in [-0.39, 0.29) is 34.5 Å². The maximum absolute atomic E-state index is 14.6. The van der Waals surface area contributed by atoms with Crippen LogP contribution in [0.3, 0.4) is 0 Å². The van der Waals surface area contributed by atoms with Crippen molar-refractivity contribution in [3.05, 3.63) is 166 Å². The number of para-hydroxylation sites is 1. The predicted molar refractivity (Wildman–Crippen MR) is 185 cm³/mol. The highest BCUT2D eigenvalue weighted by atomic mass is 35.5. The van der Waals surface area contributed by atoms with Gasteiger partial charge in [0, 0.05) is 53.1 Å². The number of nitrogens with zero attached hydrogens (tertiary/aromatic N) is 5. The van der Waals surface area contributed by atoms with Crippen molar-refractivity contribution in [3.8, 4) is 11.1 Å². The number of anilines is 1. The van der Waals surface area contributed by atoms with Crippen molar-refractivity contribution in [2.75, 3.05) is 5.32 Å². The van der Waals surface area contributed by atoms with Crippen LogP contribution in [0.25, 0.3) is 11.1 Å². The third kappa shape index (κ3) is 7.77. The second kappa shape index (κ2) is 15.7. The number of benzene rings is 4. The van der Waals surface area contributed by atoms with Crippen LogP contribution in [0.4, 0.5) is 36.4 Å². The third-order valence-corrected chi connectivity index (χ3v) is 8.80. The molecule has 0 saturated carbocycles. The van der Waals surface area contributed by atoms with E-state index in [0.29, 0.717) is 17.3 Å². The van der Waals surface area contributed by atoms with Gasteiger partial charge in [0.15, 0.2) is 17.5 Å². The van der Waals surface area contributed by atoms with Gasteiger partial charge in [-0.3, -0.25) is 9.48 Å². The molecule has 16 heteroatoms. The van der Waals surface area contributed by atoms with Crippen molar-refractivity contribution in [1.29, 1.82) is 0 Å². The molecule has 2 atom stereocenters. The van der Waals surface area contributed by atoms with Crippen molar-refractivity contribution in [3.63, 3.8) is 0 Å². The van der Waals surface area contributed by atoms with E-state index in [1.807, 2.05) is 18.2 Å². The van der Waals surface area contributed by atoms with E-state index in [9.17, 15) is 35.5 Å². The normalized spacial score (nSPS) is 16.1. The number of carbonyl (C=O) groups is 1. The van der Waals surface area contributed by atoms with E-state index in [1.54, 1.807) is 22.9 Å². The standard InChI is InChI=1S/C20H16ClF2N3O.C18H12F5N3O/c1-2-5-18-24-12-25-26(18)11-20(15-9-8-13(22)10-17(15)23)19(27-20)14-6-3-4-7-16(14)21;1-26-8-11(16(25-26)17(22)23)18(27)24-14-5-3-2-4-10(14)9-6-12(19)15(21)13(20)7-9/h2-4,6-10,12,19H,1,5,11H2;2-8,17H,1H3,(H,24,27)/t19-,20-;/m0./s1. The molecule has 4 aromatic carbocycles. The van der Waals surface area contributed by atoms with Crippen LogP contribution in [0.1, 0.15) is 45.5 Å². The lowest BCUT2D eigenvalue weighted by atomic mass is 9.91. The number of rotatable bonds is 10. The van der Waals surface area contributed by atoms with E-state index in [2.05, 4.69) is 27.1 Å². The molecule has 0 bridgehead atoms. The van der Waals surface area contributed by atoms with E-state index in [0.717, 1.165) is 34.6 Å². The fraction of sp³-hybridized carbons (Fsp3) is 0.158. The van der Waals surface area contributed by atoms with Crippen molar-refractivity contribution >= 4 is 23.2 Å². The first-order chi connectivity index (χ1) is 25.8. The summed E-state index contributed by atoms with van der Waals surface area (Å²) in [5, 5.41) is 10.7. The molecule has 278 valence electrons. The van der Waals surface area contributed by atoms with Crippen LogP contribution in [0.2, 0.25) is 5.02 Å². The lowest BCUT2D eigenvalue weighted by Crippen LogP contribution is -2.23. The monoisotopic (exact) mass is 768 g/mol. The van der Waals surface area contributed by atoms with Gasteiger partial charge in [0.1, 0.15) is 41.2 Å².